The molecule has 2 aromatic rings. The molecule has 0 saturated heterocycles. The third-order valence-electron chi connectivity index (χ3n) is 2.62. The van der Waals surface area contributed by atoms with Gasteiger partial charge in [0.2, 0.25) is 11.0 Å². The van der Waals surface area contributed by atoms with Crippen molar-refractivity contribution >= 4 is 50.7 Å². The highest BCUT2D eigenvalue weighted by molar-refractivity contribution is 9.10. The Hall–Kier alpha value is -1.09. The van der Waals surface area contributed by atoms with Crippen LogP contribution in [-0.4, -0.2) is 22.6 Å². The van der Waals surface area contributed by atoms with Gasteiger partial charge in [-0.1, -0.05) is 34.2 Å². The summed E-state index contributed by atoms with van der Waals surface area (Å²) in [5, 5.41) is 11.1. The number of nitrogens with zero attached hydrogens (tertiary/aromatic N) is 2. The zero-order valence-corrected chi connectivity index (χ0v) is 14.2. The maximum atomic E-state index is 13.7. The number of anilines is 1. The summed E-state index contributed by atoms with van der Waals surface area (Å²) in [7, 11) is 0. The van der Waals surface area contributed by atoms with Gasteiger partial charge in [0.25, 0.3) is 0 Å². The molecule has 114 valence electrons. The Morgan fingerprint density at radius 1 is 1.52 bits per heavy atom. The number of aromatic nitrogens is 2. The van der Waals surface area contributed by atoms with E-state index >= 15 is 0 Å². The van der Waals surface area contributed by atoms with Gasteiger partial charge in [-0.25, -0.2) is 4.39 Å². The van der Waals surface area contributed by atoms with Gasteiger partial charge in [-0.2, -0.15) is 0 Å². The molecular weight excluding hydrogens is 383 g/mol. The number of hydrogen-bond donors (Lipinski definition) is 2. The number of carbonyl (C=O) groups excluding carboxylic acids is 1. The second-order valence-electron chi connectivity index (χ2n) is 4.16. The lowest BCUT2D eigenvalue weighted by atomic mass is 10.2. The lowest BCUT2D eigenvalue weighted by Gasteiger charge is -2.06. The molecule has 0 bridgehead atoms. The van der Waals surface area contributed by atoms with E-state index in [0.717, 1.165) is 15.8 Å². The number of benzene rings is 1. The van der Waals surface area contributed by atoms with Gasteiger partial charge in [-0.3, -0.25) is 4.79 Å². The van der Waals surface area contributed by atoms with Crippen LogP contribution in [-0.2, 0) is 4.79 Å². The van der Waals surface area contributed by atoms with Gasteiger partial charge >= 0.3 is 0 Å². The van der Waals surface area contributed by atoms with Gasteiger partial charge in [-0.15, -0.1) is 22.6 Å². The summed E-state index contributed by atoms with van der Waals surface area (Å²) in [5.41, 5.74) is 5.75. The topological polar surface area (TPSA) is 80.9 Å². The van der Waals surface area contributed by atoms with Crippen molar-refractivity contribution in [2.45, 2.75) is 6.92 Å². The van der Waals surface area contributed by atoms with Gasteiger partial charge in [-0.05, 0) is 18.2 Å². The Labute approximate surface area is 139 Å². The van der Waals surface area contributed by atoms with Crippen LogP contribution in [0.25, 0.3) is 10.6 Å². The predicted octanol–water partition coefficient (Wildman–Crippen LogP) is 3.06. The fourth-order valence-electron chi connectivity index (χ4n) is 1.38. The number of nitrogens with one attached hydrogen (secondary N) is 1. The number of halogens is 3. The van der Waals surface area contributed by atoms with Gasteiger partial charge in [0.05, 0.1) is 0 Å². The number of hydrogen-bond acceptors (Lipinski definition) is 5. The van der Waals surface area contributed by atoms with E-state index in [4.69, 9.17) is 5.73 Å². The van der Waals surface area contributed by atoms with Crippen molar-refractivity contribution in [1.29, 1.82) is 0 Å². The second-order valence-corrected chi connectivity index (χ2v) is 6.06. The Morgan fingerprint density at radius 3 is 2.90 bits per heavy atom. The second kappa shape index (κ2) is 7.79. The monoisotopic (exact) mass is 394 g/mol. The molecule has 0 aliphatic carbocycles. The van der Waals surface area contributed by atoms with Crippen LogP contribution in [0.4, 0.5) is 9.52 Å². The van der Waals surface area contributed by atoms with Gasteiger partial charge in [0, 0.05) is 22.5 Å². The van der Waals surface area contributed by atoms with Crippen LogP contribution in [0, 0.1) is 11.7 Å². The van der Waals surface area contributed by atoms with Crippen LogP contribution < -0.4 is 11.1 Å². The molecule has 1 aromatic carbocycles. The molecule has 1 heterocycles. The van der Waals surface area contributed by atoms with E-state index in [1.165, 1.54) is 6.07 Å². The quantitative estimate of drug-likeness (QED) is 0.833. The van der Waals surface area contributed by atoms with Crippen molar-refractivity contribution in [3.8, 4) is 10.6 Å². The van der Waals surface area contributed by atoms with Crippen LogP contribution >= 0.6 is 39.7 Å². The largest absolute Gasteiger partial charge is 0.330 e. The molecule has 0 fully saturated rings. The highest BCUT2D eigenvalue weighted by Crippen LogP contribution is 2.30. The first kappa shape index (κ1) is 18.0. The Bertz CT molecular complexity index is 639. The van der Waals surface area contributed by atoms with E-state index in [0.29, 0.717) is 15.7 Å². The SMILES string of the molecule is CC(CN)C(=O)Nc1nnc(-c2cc(Br)ccc2F)s1.Cl. The summed E-state index contributed by atoms with van der Waals surface area (Å²) in [6.07, 6.45) is 0. The molecule has 0 aliphatic heterocycles. The normalized spacial score (nSPS) is 11.6. The highest BCUT2D eigenvalue weighted by atomic mass is 79.9. The standard InChI is InChI=1S/C12H12BrFN4OS.ClH/c1-6(5-15)10(19)16-12-18-17-11(20-12)8-4-7(13)2-3-9(8)14;/h2-4,6H,5,15H2,1H3,(H,16,18,19);1H. The Balaban J connectivity index is 0.00000220. The molecule has 1 unspecified atom stereocenters. The molecule has 21 heavy (non-hydrogen) atoms. The van der Waals surface area contributed by atoms with Gasteiger partial charge < -0.3 is 11.1 Å². The lowest BCUT2D eigenvalue weighted by molar-refractivity contribution is -0.119. The summed E-state index contributed by atoms with van der Waals surface area (Å²) < 4.78 is 14.5. The van der Waals surface area contributed by atoms with Crippen molar-refractivity contribution in [3.63, 3.8) is 0 Å². The average molecular weight is 396 g/mol. The van der Waals surface area contributed by atoms with Gasteiger partial charge in [0.1, 0.15) is 5.82 Å². The van der Waals surface area contributed by atoms with Crippen LogP contribution in [0.15, 0.2) is 22.7 Å². The molecular formula is C12H13BrClFN4OS. The molecule has 3 N–H and O–H groups in total. The smallest absolute Gasteiger partial charge is 0.230 e. The first-order valence-corrected chi connectivity index (χ1v) is 7.42. The minimum absolute atomic E-state index is 0. The molecule has 5 nitrogen and oxygen atoms in total. The van der Waals surface area contributed by atoms with E-state index in [2.05, 4.69) is 31.4 Å². The van der Waals surface area contributed by atoms with Crippen molar-refractivity contribution < 1.29 is 9.18 Å². The van der Waals surface area contributed by atoms with Gasteiger partial charge in [0.15, 0.2) is 5.01 Å². The van der Waals surface area contributed by atoms with Crippen LogP contribution in [0.1, 0.15) is 6.92 Å². The predicted molar refractivity (Wildman–Crippen MR) is 87.1 cm³/mol. The van der Waals surface area contributed by atoms with E-state index in [-0.39, 0.29) is 30.8 Å². The maximum absolute atomic E-state index is 13.7. The first-order valence-electron chi connectivity index (χ1n) is 5.81. The van der Waals surface area contributed by atoms with E-state index in [1.54, 1.807) is 19.1 Å². The zero-order valence-electron chi connectivity index (χ0n) is 11.0. The molecule has 2 rings (SSSR count). The fraction of sp³-hybridized carbons (Fsp3) is 0.250. The minimum Gasteiger partial charge on any atom is -0.330 e. The molecule has 1 aromatic heterocycles. The lowest BCUT2D eigenvalue weighted by Crippen LogP contribution is -2.26. The summed E-state index contributed by atoms with van der Waals surface area (Å²) in [5.74, 6) is -0.938. The van der Waals surface area contributed by atoms with Crippen LogP contribution in [0.5, 0.6) is 0 Å². The highest BCUT2D eigenvalue weighted by Gasteiger charge is 2.16. The van der Waals surface area contributed by atoms with Crippen molar-refractivity contribution in [2.75, 3.05) is 11.9 Å². The third-order valence-corrected chi connectivity index (χ3v) is 3.98. The Morgan fingerprint density at radius 2 is 2.24 bits per heavy atom. The Kier molecular flexibility index (Phi) is 6.66. The van der Waals surface area contributed by atoms with E-state index in [1.807, 2.05) is 0 Å². The fourth-order valence-corrected chi connectivity index (χ4v) is 2.51. The molecule has 1 atom stereocenters. The number of rotatable bonds is 4. The summed E-state index contributed by atoms with van der Waals surface area (Å²) in [6, 6.07) is 4.56. The number of carbonyl (C=O) groups is 1. The number of nitrogens with two attached hydrogens (primary N) is 1. The zero-order chi connectivity index (χ0) is 14.7. The average Bonchev–Trinajstić information content (AvgIpc) is 2.88. The molecule has 0 aliphatic rings. The van der Waals surface area contributed by atoms with E-state index in [9.17, 15) is 9.18 Å². The van der Waals surface area contributed by atoms with Crippen molar-refractivity contribution in [3.05, 3.63) is 28.5 Å². The summed E-state index contributed by atoms with van der Waals surface area (Å²) in [6.45, 7) is 1.96. The van der Waals surface area contributed by atoms with Crippen LogP contribution in [0.3, 0.4) is 0 Å². The van der Waals surface area contributed by atoms with Crippen molar-refractivity contribution in [1.82, 2.24) is 10.2 Å². The van der Waals surface area contributed by atoms with Crippen LogP contribution in [0.2, 0.25) is 0 Å². The molecule has 9 heteroatoms. The first-order chi connectivity index (χ1) is 9.51. The number of amides is 1. The van der Waals surface area contributed by atoms with E-state index < -0.39 is 5.82 Å². The minimum atomic E-state index is -0.391. The molecule has 1 amide bonds. The molecule has 0 spiro atoms. The molecule has 0 saturated carbocycles. The summed E-state index contributed by atoms with van der Waals surface area (Å²) >= 11 is 4.38. The summed E-state index contributed by atoms with van der Waals surface area (Å²) in [4.78, 5) is 11.7. The maximum Gasteiger partial charge on any atom is 0.230 e. The van der Waals surface area contributed by atoms with Crippen molar-refractivity contribution in [2.24, 2.45) is 11.7 Å². The third kappa shape index (κ3) is 4.44. The molecule has 0 radical (unpaired) electrons.